The molecule has 0 saturated heterocycles. The number of amides is 1. The highest BCUT2D eigenvalue weighted by Gasteiger charge is 2.17. The van der Waals surface area contributed by atoms with Gasteiger partial charge in [0.15, 0.2) is 11.5 Å². The molecule has 0 aliphatic heterocycles. The predicted molar refractivity (Wildman–Crippen MR) is 139 cm³/mol. The van der Waals surface area contributed by atoms with E-state index in [1.165, 1.54) is 11.1 Å². The lowest BCUT2D eigenvalue weighted by Crippen LogP contribution is -2.15. The SMILES string of the molecule is CCc1c(Cn2ccnc2)cccc1Nc1c(CC(N)=O)cnc2cc(OCCOC)c(OC)cc12. The van der Waals surface area contributed by atoms with E-state index in [-0.39, 0.29) is 6.42 Å². The van der Waals surface area contributed by atoms with Gasteiger partial charge in [0.05, 0.1) is 37.7 Å². The first-order valence-electron chi connectivity index (χ1n) is 11.8. The topological polar surface area (TPSA) is 114 Å². The van der Waals surface area contributed by atoms with Gasteiger partial charge in [-0.05, 0) is 29.7 Å². The molecule has 0 aliphatic rings. The van der Waals surface area contributed by atoms with Crippen LogP contribution in [0.25, 0.3) is 10.9 Å². The number of primary amides is 1. The number of rotatable bonds is 12. The minimum atomic E-state index is -0.435. The first-order chi connectivity index (χ1) is 17.5. The lowest BCUT2D eigenvalue weighted by molar-refractivity contribution is -0.117. The Morgan fingerprint density at radius 2 is 2.00 bits per heavy atom. The van der Waals surface area contributed by atoms with Crippen molar-refractivity contribution in [1.82, 2.24) is 14.5 Å². The zero-order valence-electron chi connectivity index (χ0n) is 20.8. The molecule has 188 valence electrons. The van der Waals surface area contributed by atoms with Crippen molar-refractivity contribution in [3.8, 4) is 11.5 Å². The number of anilines is 2. The Hall–Kier alpha value is -4.11. The number of imidazole rings is 1. The number of methoxy groups -OCH3 is 2. The van der Waals surface area contributed by atoms with E-state index >= 15 is 0 Å². The van der Waals surface area contributed by atoms with Crippen LogP contribution >= 0.6 is 0 Å². The third kappa shape index (κ3) is 5.58. The van der Waals surface area contributed by atoms with Crippen LogP contribution in [0.3, 0.4) is 0 Å². The highest BCUT2D eigenvalue weighted by Crippen LogP contribution is 2.38. The molecular weight excluding hydrogens is 458 g/mol. The minimum absolute atomic E-state index is 0.0515. The summed E-state index contributed by atoms with van der Waals surface area (Å²) in [5.41, 5.74) is 11.0. The summed E-state index contributed by atoms with van der Waals surface area (Å²) in [7, 11) is 3.21. The molecule has 0 fully saturated rings. The molecule has 1 amide bonds. The van der Waals surface area contributed by atoms with Gasteiger partial charge in [0, 0.05) is 54.9 Å². The van der Waals surface area contributed by atoms with Crippen LogP contribution in [0.4, 0.5) is 11.4 Å². The van der Waals surface area contributed by atoms with Gasteiger partial charge in [0.2, 0.25) is 5.91 Å². The molecule has 9 nitrogen and oxygen atoms in total. The maximum absolute atomic E-state index is 11.9. The Morgan fingerprint density at radius 3 is 2.69 bits per heavy atom. The van der Waals surface area contributed by atoms with Crippen molar-refractivity contribution in [3.63, 3.8) is 0 Å². The van der Waals surface area contributed by atoms with Gasteiger partial charge in [-0.15, -0.1) is 0 Å². The molecule has 4 aromatic rings. The maximum Gasteiger partial charge on any atom is 0.221 e. The molecule has 4 rings (SSSR count). The highest BCUT2D eigenvalue weighted by molar-refractivity contribution is 5.98. The van der Waals surface area contributed by atoms with Crippen LogP contribution in [-0.4, -0.2) is 47.9 Å². The van der Waals surface area contributed by atoms with Crippen molar-refractivity contribution in [3.05, 3.63) is 71.9 Å². The van der Waals surface area contributed by atoms with Gasteiger partial charge in [-0.3, -0.25) is 9.78 Å². The number of carbonyl (C=O) groups excluding carboxylic acids is 1. The van der Waals surface area contributed by atoms with Gasteiger partial charge in [-0.2, -0.15) is 0 Å². The molecule has 2 heterocycles. The lowest BCUT2D eigenvalue weighted by atomic mass is 10.0. The molecule has 2 aromatic carbocycles. The second kappa shape index (κ2) is 11.5. The van der Waals surface area contributed by atoms with E-state index in [0.717, 1.165) is 23.2 Å². The van der Waals surface area contributed by atoms with Crippen LogP contribution in [0.15, 0.2) is 55.2 Å². The van der Waals surface area contributed by atoms with Crippen LogP contribution in [-0.2, 0) is 28.9 Å². The Bertz CT molecular complexity index is 1340. The fraction of sp³-hybridized carbons (Fsp3) is 0.296. The zero-order valence-corrected chi connectivity index (χ0v) is 20.8. The number of carbonyl (C=O) groups is 1. The van der Waals surface area contributed by atoms with Crippen LogP contribution in [0.1, 0.15) is 23.6 Å². The quantitative estimate of drug-likeness (QED) is 0.291. The van der Waals surface area contributed by atoms with E-state index in [1.807, 2.05) is 35.0 Å². The Kier molecular flexibility index (Phi) is 8.02. The van der Waals surface area contributed by atoms with E-state index in [0.29, 0.717) is 42.3 Å². The number of hydrogen-bond donors (Lipinski definition) is 2. The molecule has 0 unspecified atom stereocenters. The van der Waals surface area contributed by atoms with Crippen LogP contribution in [0.2, 0.25) is 0 Å². The third-order valence-electron chi connectivity index (χ3n) is 5.94. The minimum Gasteiger partial charge on any atom is -0.493 e. The first kappa shape index (κ1) is 25.0. The number of pyridine rings is 1. The van der Waals surface area contributed by atoms with E-state index in [2.05, 4.69) is 28.3 Å². The summed E-state index contributed by atoms with van der Waals surface area (Å²) < 4.78 is 18.6. The summed E-state index contributed by atoms with van der Waals surface area (Å²) in [4.78, 5) is 20.6. The summed E-state index contributed by atoms with van der Waals surface area (Å²) in [5, 5.41) is 4.39. The second-order valence-electron chi connectivity index (χ2n) is 8.32. The van der Waals surface area contributed by atoms with Crippen molar-refractivity contribution >= 4 is 28.2 Å². The molecule has 0 saturated carbocycles. The predicted octanol–water partition coefficient (Wildman–Crippen LogP) is 3.85. The van der Waals surface area contributed by atoms with Crippen LogP contribution < -0.4 is 20.5 Å². The third-order valence-corrected chi connectivity index (χ3v) is 5.94. The second-order valence-corrected chi connectivity index (χ2v) is 8.32. The maximum atomic E-state index is 11.9. The molecule has 2 aromatic heterocycles. The summed E-state index contributed by atoms with van der Waals surface area (Å²) in [6, 6.07) is 9.88. The van der Waals surface area contributed by atoms with Gasteiger partial charge in [0.25, 0.3) is 0 Å². The molecule has 0 radical (unpaired) electrons. The van der Waals surface area contributed by atoms with E-state index in [1.54, 1.807) is 32.9 Å². The summed E-state index contributed by atoms with van der Waals surface area (Å²) in [6.07, 6.45) is 8.08. The Morgan fingerprint density at radius 1 is 1.14 bits per heavy atom. The molecule has 0 aliphatic carbocycles. The fourth-order valence-corrected chi connectivity index (χ4v) is 4.25. The summed E-state index contributed by atoms with van der Waals surface area (Å²) >= 11 is 0. The van der Waals surface area contributed by atoms with Gasteiger partial charge in [-0.25, -0.2) is 4.98 Å². The van der Waals surface area contributed by atoms with Crippen molar-refractivity contribution in [2.75, 3.05) is 32.8 Å². The number of hydrogen-bond acceptors (Lipinski definition) is 7. The first-order valence-corrected chi connectivity index (χ1v) is 11.8. The zero-order chi connectivity index (χ0) is 25.5. The van der Waals surface area contributed by atoms with Crippen molar-refractivity contribution < 1.29 is 19.0 Å². The van der Waals surface area contributed by atoms with Gasteiger partial charge in [-0.1, -0.05) is 19.1 Å². The molecular formula is C27H31N5O4. The largest absolute Gasteiger partial charge is 0.493 e. The van der Waals surface area contributed by atoms with Crippen LogP contribution in [0, 0.1) is 0 Å². The monoisotopic (exact) mass is 489 g/mol. The fourth-order valence-electron chi connectivity index (χ4n) is 4.25. The van der Waals surface area contributed by atoms with Gasteiger partial charge >= 0.3 is 0 Å². The average molecular weight is 490 g/mol. The average Bonchev–Trinajstić information content (AvgIpc) is 3.38. The normalized spacial score (nSPS) is 11.0. The number of nitrogens with two attached hydrogens (primary N) is 1. The number of ether oxygens (including phenoxy) is 3. The molecule has 0 atom stereocenters. The van der Waals surface area contributed by atoms with Crippen molar-refractivity contribution in [2.45, 2.75) is 26.3 Å². The van der Waals surface area contributed by atoms with Gasteiger partial charge < -0.3 is 29.8 Å². The smallest absolute Gasteiger partial charge is 0.221 e. The molecule has 0 bridgehead atoms. The standard InChI is InChI=1S/C27H31N5O4/c1-4-20-18(16-32-9-8-29-17-32)6-5-7-22(20)31-27-19(12-26(28)33)15-30-23-14-25(36-11-10-34-2)24(35-3)13-21(23)27/h5-9,13-15,17H,4,10-12,16H2,1-3H3,(H2,28,33)(H,30,31). The Balaban J connectivity index is 1.80. The summed E-state index contributed by atoms with van der Waals surface area (Å²) in [6.45, 7) is 3.67. The molecule has 9 heteroatoms. The molecule has 3 N–H and O–H groups in total. The molecule has 36 heavy (non-hydrogen) atoms. The van der Waals surface area contributed by atoms with E-state index in [4.69, 9.17) is 19.9 Å². The summed E-state index contributed by atoms with van der Waals surface area (Å²) in [5.74, 6) is 0.694. The molecule has 0 spiro atoms. The number of nitrogens with one attached hydrogen (secondary N) is 1. The number of fused-ring (bicyclic) bond motifs is 1. The van der Waals surface area contributed by atoms with Crippen molar-refractivity contribution in [1.29, 1.82) is 0 Å². The number of nitrogens with zero attached hydrogens (tertiary/aromatic N) is 3. The van der Waals surface area contributed by atoms with Gasteiger partial charge in [0.1, 0.15) is 6.61 Å². The highest BCUT2D eigenvalue weighted by atomic mass is 16.5. The lowest BCUT2D eigenvalue weighted by Gasteiger charge is -2.20. The Labute approximate surface area is 210 Å². The van der Waals surface area contributed by atoms with Crippen LogP contribution in [0.5, 0.6) is 11.5 Å². The number of aromatic nitrogens is 3. The van der Waals surface area contributed by atoms with E-state index < -0.39 is 5.91 Å². The number of benzene rings is 2. The van der Waals surface area contributed by atoms with E-state index in [9.17, 15) is 4.79 Å². The van der Waals surface area contributed by atoms with Crippen molar-refractivity contribution in [2.24, 2.45) is 5.73 Å².